The number of halogens is 5. The topological polar surface area (TPSA) is 110 Å². The average molecular weight is 525 g/mol. The Morgan fingerprint density at radius 2 is 1.40 bits per heavy atom. The standard InChI is InChI=1S/C22H23F5O7S/c23-21(24,25)19(22(26,27)35(30,31)32)34-18(29)16-4-2-1-3-15(16)17(28)33-11-20-8-12-5-13(9-20)7-14(6-12)10-20/h1-4,12-14,19H,5-11H2,(H,30,31,32)/p-1. The van der Waals surface area contributed by atoms with Crippen molar-refractivity contribution >= 4 is 22.1 Å². The molecule has 0 spiro atoms. The summed E-state index contributed by atoms with van der Waals surface area (Å²) in [4.78, 5) is 25.1. The highest BCUT2D eigenvalue weighted by Crippen LogP contribution is 2.60. The molecule has 1 aromatic rings. The molecule has 0 amide bonds. The summed E-state index contributed by atoms with van der Waals surface area (Å²) in [5.41, 5.74) is -1.57. The van der Waals surface area contributed by atoms with Gasteiger partial charge in [0.2, 0.25) is 0 Å². The fourth-order valence-corrected chi connectivity index (χ4v) is 6.67. The van der Waals surface area contributed by atoms with Gasteiger partial charge in [-0.3, -0.25) is 0 Å². The van der Waals surface area contributed by atoms with Crippen molar-refractivity contribution in [2.75, 3.05) is 6.61 Å². The molecule has 1 atom stereocenters. The summed E-state index contributed by atoms with van der Waals surface area (Å²) >= 11 is 0. The average Bonchev–Trinajstić information content (AvgIpc) is 2.73. The number of carbonyl (C=O) groups excluding carboxylic acids is 2. The molecule has 4 fully saturated rings. The minimum Gasteiger partial charge on any atom is -0.743 e. The Bertz CT molecular complexity index is 1080. The summed E-state index contributed by atoms with van der Waals surface area (Å²) in [5, 5.41) is -5.99. The van der Waals surface area contributed by atoms with Gasteiger partial charge in [0, 0.05) is 5.41 Å². The molecule has 0 saturated heterocycles. The number of esters is 2. The van der Waals surface area contributed by atoms with E-state index in [0.717, 1.165) is 56.7 Å². The van der Waals surface area contributed by atoms with Crippen molar-refractivity contribution in [2.24, 2.45) is 23.2 Å². The number of rotatable bonds is 7. The lowest BCUT2D eigenvalue weighted by molar-refractivity contribution is -0.248. The van der Waals surface area contributed by atoms with Gasteiger partial charge in [-0.25, -0.2) is 18.0 Å². The van der Waals surface area contributed by atoms with Crippen LogP contribution in [0.2, 0.25) is 0 Å². The first-order valence-electron chi connectivity index (χ1n) is 11.0. The van der Waals surface area contributed by atoms with Gasteiger partial charge in [0.25, 0.3) is 6.10 Å². The molecule has 4 aliphatic carbocycles. The molecule has 0 aliphatic heterocycles. The maximum absolute atomic E-state index is 13.7. The maximum Gasteiger partial charge on any atom is 0.432 e. The highest BCUT2D eigenvalue weighted by atomic mass is 32.2. The quantitative estimate of drug-likeness (QED) is 0.297. The summed E-state index contributed by atoms with van der Waals surface area (Å²) in [6.45, 7) is 0.0520. The van der Waals surface area contributed by atoms with E-state index in [0.29, 0.717) is 17.8 Å². The second-order valence-corrected chi connectivity index (χ2v) is 11.3. The van der Waals surface area contributed by atoms with Crippen LogP contribution >= 0.6 is 0 Å². The number of hydrogen-bond donors (Lipinski definition) is 0. The highest BCUT2D eigenvalue weighted by Gasteiger charge is 2.63. The predicted octanol–water partition coefficient (Wildman–Crippen LogP) is 4.29. The van der Waals surface area contributed by atoms with Crippen LogP contribution in [0.3, 0.4) is 0 Å². The van der Waals surface area contributed by atoms with Crippen LogP contribution in [-0.2, 0) is 19.6 Å². The van der Waals surface area contributed by atoms with Crippen molar-refractivity contribution in [3.8, 4) is 0 Å². The van der Waals surface area contributed by atoms with Gasteiger partial charge in [0.05, 0.1) is 17.7 Å². The van der Waals surface area contributed by atoms with Crippen LogP contribution in [0.5, 0.6) is 0 Å². The van der Waals surface area contributed by atoms with Crippen LogP contribution < -0.4 is 0 Å². The fourth-order valence-electron chi connectivity index (χ4n) is 6.23. The Morgan fingerprint density at radius 3 is 1.83 bits per heavy atom. The number of alkyl halides is 5. The van der Waals surface area contributed by atoms with E-state index in [2.05, 4.69) is 4.74 Å². The summed E-state index contributed by atoms with van der Waals surface area (Å²) in [6, 6.07) is 4.30. The van der Waals surface area contributed by atoms with E-state index in [1.54, 1.807) is 0 Å². The number of carbonyl (C=O) groups is 2. The van der Waals surface area contributed by atoms with E-state index in [9.17, 15) is 44.5 Å². The molecule has 1 aromatic carbocycles. The molecule has 0 aromatic heterocycles. The smallest absolute Gasteiger partial charge is 0.432 e. The molecule has 4 saturated carbocycles. The van der Waals surface area contributed by atoms with Gasteiger partial charge < -0.3 is 14.0 Å². The van der Waals surface area contributed by atoms with Gasteiger partial charge in [-0.2, -0.15) is 22.0 Å². The summed E-state index contributed by atoms with van der Waals surface area (Å²) in [7, 11) is -6.84. The van der Waals surface area contributed by atoms with Gasteiger partial charge in [-0.05, 0) is 68.4 Å². The molecule has 7 nitrogen and oxygen atoms in total. The largest absolute Gasteiger partial charge is 0.743 e. The molecule has 194 valence electrons. The second-order valence-electron chi connectivity index (χ2n) is 9.88. The van der Waals surface area contributed by atoms with Crippen molar-refractivity contribution in [2.45, 2.75) is 56.1 Å². The van der Waals surface area contributed by atoms with Gasteiger partial charge in [-0.1, -0.05) is 12.1 Å². The van der Waals surface area contributed by atoms with Crippen LogP contribution in [0.1, 0.15) is 59.2 Å². The van der Waals surface area contributed by atoms with E-state index < -0.39 is 50.7 Å². The zero-order valence-corrected chi connectivity index (χ0v) is 19.0. The fraction of sp³-hybridized carbons (Fsp3) is 0.636. The maximum atomic E-state index is 13.7. The van der Waals surface area contributed by atoms with E-state index in [1.165, 1.54) is 6.07 Å². The first-order valence-corrected chi connectivity index (χ1v) is 12.4. The van der Waals surface area contributed by atoms with Gasteiger partial charge in [0.1, 0.15) is 0 Å². The normalized spacial score (nSPS) is 29.0. The van der Waals surface area contributed by atoms with Gasteiger partial charge in [0.15, 0.2) is 10.1 Å². The molecular weight excluding hydrogens is 503 g/mol. The first-order chi connectivity index (χ1) is 16.1. The second kappa shape index (κ2) is 8.68. The molecular formula is C22H22F5O7S-. The van der Waals surface area contributed by atoms with Crippen LogP contribution in [0.25, 0.3) is 0 Å². The Labute approximate surface area is 197 Å². The third-order valence-electron chi connectivity index (χ3n) is 7.20. The zero-order valence-electron chi connectivity index (χ0n) is 18.2. The lowest BCUT2D eigenvalue weighted by atomic mass is 9.50. The first kappa shape index (κ1) is 25.8. The third-order valence-corrected chi connectivity index (χ3v) is 8.08. The molecule has 5 rings (SSSR count). The SMILES string of the molecule is O=C(OCC12CC3CC(CC(C3)C1)C2)c1ccccc1C(=O)OC(C(F)(F)F)C(F)(F)S(=O)(=O)[O-]. The van der Waals surface area contributed by atoms with Crippen molar-refractivity contribution in [3.05, 3.63) is 35.4 Å². The lowest BCUT2D eigenvalue weighted by Crippen LogP contribution is -2.52. The van der Waals surface area contributed by atoms with E-state index in [-0.39, 0.29) is 12.0 Å². The predicted molar refractivity (Wildman–Crippen MR) is 107 cm³/mol. The van der Waals surface area contributed by atoms with Crippen molar-refractivity contribution in [3.63, 3.8) is 0 Å². The minimum atomic E-state index is -6.84. The summed E-state index contributed by atoms with van der Waals surface area (Å²) in [5.74, 6) is -1.44. The zero-order chi connectivity index (χ0) is 25.8. The Morgan fingerprint density at radius 1 is 0.943 bits per heavy atom. The van der Waals surface area contributed by atoms with Crippen LogP contribution in [-0.4, -0.2) is 49.1 Å². The monoisotopic (exact) mass is 525 g/mol. The van der Waals surface area contributed by atoms with Crippen LogP contribution in [0, 0.1) is 23.2 Å². The number of ether oxygens (including phenoxy) is 2. The van der Waals surface area contributed by atoms with E-state index in [4.69, 9.17) is 4.74 Å². The molecule has 0 N–H and O–H groups in total. The summed E-state index contributed by atoms with van der Waals surface area (Å²) < 4.78 is 108. The molecule has 13 heteroatoms. The Kier molecular flexibility index (Phi) is 6.40. The summed E-state index contributed by atoms with van der Waals surface area (Å²) in [6.07, 6.45) is -4.55. The van der Waals surface area contributed by atoms with Crippen LogP contribution in [0.4, 0.5) is 22.0 Å². The molecule has 0 heterocycles. The van der Waals surface area contributed by atoms with Crippen molar-refractivity contribution in [1.82, 2.24) is 0 Å². The Balaban J connectivity index is 1.51. The number of benzene rings is 1. The lowest BCUT2D eigenvalue weighted by Gasteiger charge is -2.56. The van der Waals surface area contributed by atoms with Crippen molar-refractivity contribution < 1.29 is 54.0 Å². The molecule has 4 aliphatic rings. The highest BCUT2D eigenvalue weighted by molar-refractivity contribution is 7.86. The van der Waals surface area contributed by atoms with E-state index >= 15 is 0 Å². The molecule has 35 heavy (non-hydrogen) atoms. The number of hydrogen-bond acceptors (Lipinski definition) is 7. The van der Waals surface area contributed by atoms with Crippen molar-refractivity contribution in [1.29, 1.82) is 0 Å². The van der Waals surface area contributed by atoms with Crippen LogP contribution in [0.15, 0.2) is 24.3 Å². The molecule has 1 unspecified atom stereocenters. The molecule has 4 bridgehead atoms. The Hall–Kier alpha value is -2.28. The van der Waals surface area contributed by atoms with Gasteiger partial charge >= 0.3 is 23.4 Å². The van der Waals surface area contributed by atoms with Gasteiger partial charge in [-0.15, -0.1) is 0 Å². The van der Waals surface area contributed by atoms with E-state index in [1.807, 2.05) is 0 Å². The minimum absolute atomic E-state index is 0.0520. The third kappa shape index (κ3) is 5.02. The molecule has 0 radical (unpaired) electrons.